The van der Waals surface area contributed by atoms with E-state index in [1.807, 2.05) is 6.20 Å². The normalized spacial score (nSPS) is 37.1. The molecule has 3 N–H and O–H groups in total. The van der Waals surface area contributed by atoms with Crippen molar-refractivity contribution in [3.63, 3.8) is 0 Å². The van der Waals surface area contributed by atoms with Gasteiger partial charge in [-0.05, 0) is 66.8 Å². The number of nitrogens with one attached hydrogen (secondary N) is 1. The van der Waals surface area contributed by atoms with Crippen molar-refractivity contribution < 1.29 is 10.2 Å². The van der Waals surface area contributed by atoms with Crippen LogP contribution in [0.1, 0.15) is 57.7 Å². The molecule has 0 aliphatic heterocycles. The fourth-order valence-electron chi connectivity index (χ4n) is 6.27. The average molecular weight is 344 g/mol. The van der Waals surface area contributed by atoms with Gasteiger partial charge in [0, 0.05) is 24.8 Å². The van der Waals surface area contributed by atoms with Crippen molar-refractivity contribution in [2.75, 3.05) is 13.2 Å². The minimum Gasteiger partial charge on any atom is -0.396 e. The number of H-pyrrole nitrogens is 1. The second-order valence-corrected chi connectivity index (χ2v) is 9.46. The Kier molecular flexibility index (Phi) is 4.12. The second kappa shape index (κ2) is 5.95. The van der Waals surface area contributed by atoms with Crippen LogP contribution in [0.2, 0.25) is 0 Å². The zero-order valence-electron chi connectivity index (χ0n) is 15.8. The summed E-state index contributed by atoms with van der Waals surface area (Å²) in [4.78, 5) is 0. The van der Waals surface area contributed by atoms with Crippen molar-refractivity contribution in [3.05, 3.63) is 28.6 Å². The zero-order chi connectivity index (χ0) is 17.8. The molecule has 2 unspecified atom stereocenters. The molecular weight excluding hydrogens is 312 g/mol. The minimum absolute atomic E-state index is 0.0181. The summed E-state index contributed by atoms with van der Waals surface area (Å²) < 4.78 is 0. The monoisotopic (exact) mass is 344 g/mol. The Hall–Kier alpha value is -1.13. The molecule has 1 aromatic heterocycles. The number of aliphatic hydroxyl groups is 2. The summed E-state index contributed by atoms with van der Waals surface area (Å²) in [6, 6.07) is 0. The van der Waals surface area contributed by atoms with Crippen molar-refractivity contribution in [3.8, 4) is 0 Å². The Morgan fingerprint density at radius 1 is 1.20 bits per heavy atom. The van der Waals surface area contributed by atoms with Gasteiger partial charge < -0.3 is 10.2 Å². The molecule has 0 saturated heterocycles. The molecule has 3 aliphatic rings. The zero-order valence-corrected chi connectivity index (χ0v) is 15.8. The van der Waals surface area contributed by atoms with E-state index in [9.17, 15) is 10.2 Å². The Bertz CT molecular complexity index is 690. The van der Waals surface area contributed by atoms with Gasteiger partial charge in [0.15, 0.2) is 0 Å². The van der Waals surface area contributed by atoms with E-state index in [2.05, 4.69) is 31.0 Å². The molecule has 0 aromatic carbocycles. The highest BCUT2D eigenvalue weighted by molar-refractivity contribution is 5.33. The van der Waals surface area contributed by atoms with Crippen LogP contribution in [0.15, 0.2) is 17.3 Å². The van der Waals surface area contributed by atoms with Crippen LogP contribution >= 0.6 is 0 Å². The quantitative estimate of drug-likeness (QED) is 0.737. The molecule has 4 heteroatoms. The molecular formula is C21H32N2O2. The van der Waals surface area contributed by atoms with E-state index in [0.717, 1.165) is 32.1 Å². The third-order valence-corrected chi connectivity index (χ3v) is 7.89. The molecule has 1 aromatic rings. The summed E-state index contributed by atoms with van der Waals surface area (Å²) in [6.07, 6.45) is 8.43. The molecule has 3 aliphatic carbocycles. The summed E-state index contributed by atoms with van der Waals surface area (Å²) in [5.74, 6) is 0.930. The maximum atomic E-state index is 10.3. The van der Waals surface area contributed by atoms with Crippen LogP contribution in [0.3, 0.4) is 0 Å². The van der Waals surface area contributed by atoms with Crippen molar-refractivity contribution >= 4 is 0 Å². The SMILES string of the molecule is CC1(C)CCC2=C1CC[C@H](C1(C)Cc3cn[nH]c3CC1CO)[C@H]2CO. The van der Waals surface area contributed by atoms with Crippen LogP contribution < -0.4 is 0 Å². The lowest BCUT2D eigenvalue weighted by atomic mass is 9.54. The molecule has 0 spiro atoms. The molecule has 0 fully saturated rings. The van der Waals surface area contributed by atoms with Crippen LogP contribution in [0.5, 0.6) is 0 Å². The van der Waals surface area contributed by atoms with Gasteiger partial charge in [-0.2, -0.15) is 5.10 Å². The predicted octanol–water partition coefficient (Wildman–Crippen LogP) is 3.26. The van der Waals surface area contributed by atoms with E-state index >= 15 is 0 Å². The smallest absolute Gasteiger partial charge is 0.0522 e. The van der Waals surface area contributed by atoms with E-state index in [1.54, 1.807) is 11.1 Å². The molecule has 1 heterocycles. The lowest BCUT2D eigenvalue weighted by Gasteiger charge is -2.51. The minimum atomic E-state index is 0.0181. The molecule has 0 saturated carbocycles. The van der Waals surface area contributed by atoms with Gasteiger partial charge in [-0.3, -0.25) is 5.10 Å². The molecule has 4 rings (SSSR count). The summed E-state index contributed by atoms with van der Waals surface area (Å²) in [5, 5.41) is 27.8. The number of hydrogen-bond acceptors (Lipinski definition) is 3. The lowest BCUT2D eigenvalue weighted by Crippen LogP contribution is -2.48. The molecule has 0 bridgehead atoms. The maximum absolute atomic E-state index is 10.3. The number of fused-ring (bicyclic) bond motifs is 1. The van der Waals surface area contributed by atoms with Gasteiger partial charge in [0.2, 0.25) is 0 Å². The first-order valence-electron chi connectivity index (χ1n) is 9.86. The van der Waals surface area contributed by atoms with E-state index in [1.165, 1.54) is 17.7 Å². The van der Waals surface area contributed by atoms with Crippen LogP contribution in [0, 0.1) is 28.6 Å². The number of allylic oxidation sites excluding steroid dienone is 1. The van der Waals surface area contributed by atoms with Crippen LogP contribution in [0.4, 0.5) is 0 Å². The number of hydrogen-bond donors (Lipinski definition) is 3. The third kappa shape index (κ3) is 2.52. The van der Waals surface area contributed by atoms with Crippen molar-refractivity contribution in [2.24, 2.45) is 28.6 Å². The van der Waals surface area contributed by atoms with Crippen molar-refractivity contribution in [1.82, 2.24) is 10.2 Å². The largest absolute Gasteiger partial charge is 0.396 e. The van der Waals surface area contributed by atoms with Crippen LogP contribution in [-0.4, -0.2) is 33.6 Å². The Morgan fingerprint density at radius 3 is 2.72 bits per heavy atom. The van der Waals surface area contributed by atoms with Gasteiger partial charge in [-0.1, -0.05) is 31.9 Å². The fourth-order valence-corrected chi connectivity index (χ4v) is 6.27. The highest BCUT2D eigenvalue weighted by Crippen LogP contribution is 2.58. The summed E-state index contributed by atoms with van der Waals surface area (Å²) in [6.45, 7) is 7.52. The van der Waals surface area contributed by atoms with Gasteiger partial charge in [0.05, 0.1) is 6.20 Å². The lowest BCUT2D eigenvalue weighted by molar-refractivity contribution is -0.00639. The number of aromatic amines is 1. The molecule has 0 amide bonds. The first-order chi connectivity index (χ1) is 11.9. The Labute approximate surface area is 150 Å². The number of rotatable bonds is 3. The van der Waals surface area contributed by atoms with E-state index in [0.29, 0.717) is 11.3 Å². The number of nitrogens with zero attached hydrogens (tertiary/aromatic N) is 1. The molecule has 25 heavy (non-hydrogen) atoms. The summed E-state index contributed by atoms with van der Waals surface area (Å²) in [7, 11) is 0. The molecule has 4 nitrogen and oxygen atoms in total. The molecule has 0 radical (unpaired) electrons. The first kappa shape index (κ1) is 17.3. The van der Waals surface area contributed by atoms with E-state index < -0.39 is 0 Å². The first-order valence-corrected chi connectivity index (χ1v) is 9.86. The second-order valence-electron chi connectivity index (χ2n) is 9.46. The third-order valence-electron chi connectivity index (χ3n) is 7.89. The maximum Gasteiger partial charge on any atom is 0.0522 e. The average Bonchev–Trinajstić information content (AvgIpc) is 3.16. The van der Waals surface area contributed by atoms with Gasteiger partial charge in [-0.25, -0.2) is 0 Å². The topological polar surface area (TPSA) is 69.1 Å². The van der Waals surface area contributed by atoms with Crippen LogP contribution in [-0.2, 0) is 12.8 Å². The van der Waals surface area contributed by atoms with Crippen molar-refractivity contribution in [2.45, 2.75) is 59.3 Å². The Morgan fingerprint density at radius 2 is 2.00 bits per heavy atom. The van der Waals surface area contributed by atoms with Gasteiger partial charge in [0.1, 0.15) is 0 Å². The van der Waals surface area contributed by atoms with Crippen LogP contribution in [0.25, 0.3) is 0 Å². The van der Waals surface area contributed by atoms with Gasteiger partial charge >= 0.3 is 0 Å². The molecule has 4 atom stereocenters. The standard InChI is InChI=1S/C21H32N2O2/c1-20(2)7-6-15-16(12-25)18(5-4-17(15)20)21(3)9-13-10-22-23-19(13)8-14(21)11-24/h10,14,16,18,24-25H,4-9,11-12H2,1-3H3,(H,22,23)/t14?,16-,18-,21?/m0/s1. The van der Waals surface area contributed by atoms with E-state index in [4.69, 9.17) is 0 Å². The number of aromatic nitrogens is 2. The van der Waals surface area contributed by atoms with Gasteiger partial charge in [-0.15, -0.1) is 0 Å². The highest BCUT2D eigenvalue weighted by Gasteiger charge is 2.51. The highest BCUT2D eigenvalue weighted by atomic mass is 16.3. The van der Waals surface area contributed by atoms with Crippen molar-refractivity contribution in [1.29, 1.82) is 0 Å². The summed E-state index contributed by atoms with van der Waals surface area (Å²) >= 11 is 0. The molecule has 138 valence electrons. The van der Waals surface area contributed by atoms with E-state index in [-0.39, 0.29) is 30.5 Å². The summed E-state index contributed by atoms with van der Waals surface area (Å²) in [5.41, 5.74) is 5.97. The number of aliphatic hydroxyl groups excluding tert-OH is 2. The Balaban J connectivity index is 1.71. The fraction of sp³-hybridized carbons (Fsp3) is 0.762. The van der Waals surface area contributed by atoms with Gasteiger partial charge in [0.25, 0.3) is 0 Å². The predicted molar refractivity (Wildman–Crippen MR) is 98.0 cm³/mol.